The highest BCUT2D eigenvalue weighted by Gasteiger charge is 2.20. The molecule has 3 rings (SSSR count). The Bertz CT molecular complexity index is 826. The summed E-state index contributed by atoms with van der Waals surface area (Å²) in [6, 6.07) is 4.40. The third kappa shape index (κ3) is 4.39. The van der Waals surface area contributed by atoms with E-state index in [0.717, 1.165) is 17.8 Å². The second-order valence-corrected chi connectivity index (χ2v) is 7.56. The Labute approximate surface area is 162 Å². The van der Waals surface area contributed by atoms with E-state index >= 15 is 0 Å². The normalized spacial score (nSPS) is 14.0. The fraction of sp³-hybridized carbons (Fsp3) is 0.421. The fourth-order valence-electron chi connectivity index (χ4n) is 3.08. The summed E-state index contributed by atoms with van der Waals surface area (Å²) in [6.07, 6.45) is 4.50. The van der Waals surface area contributed by atoms with Crippen LogP contribution in [-0.4, -0.2) is 31.1 Å². The number of hydrogen-bond donors (Lipinski definition) is 3. The molecule has 0 fully saturated rings. The summed E-state index contributed by atoms with van der Waals surface area (Å²) < 4.78 is 5.19. The third-order valence-corrected chi connectivity index (χ3v) is 5.85. The molecule has 3 N–H and O–H groups in total. The predicted molar refractivity (Wildman–Crippen MR) is 106 cm³/mol. The molecule has 7 nitrogen and oxygen atoms in total. The van der Waals surface area contributed by atoms with Crippen LogP contribution in [0.1, 0.15) is 51.7 Å². The van der Waals surface area contributed by atoms with Gasteiger partial charge in [-0.3, -0.25) is 4.79 Å². The number of fused-ring (bicyclic) bond motifs is 1. The highest BCUT2D eigenvalue weighted by molar-refractivity contribution is 7.11. The Hall–Kier alpha value is -2.61. The Morgan fingerprint density at radius 2 is 2.04 bits per heavy atom. The predicted octanol–water partition coefficient (Wildman–Crippen LogP) is 3.27. The molecule has 1 atom stereocenters. The number of carbonyl (C=O) groups excluding carboxylic acids is 2. The van der Waals surface area contributed by atoms with Crippen LogP contribution < -0.4 is 20.7 Å². The first kappa shape index (κ1) is 19.2. The molecule has 1 aliphatic rings. The van der Waals surface area contributed by atoms with Gasteiger partial charge < -0.3 is 20.7 Å². The zero-order valence-electron chi connectivity index (χ0n) is 15.7. The van der Waals surface area contributed by atoms with Gasteiger partial charge >= 0.3 is 6.03 Å². The number of benzene rings is 1. The molecule has 2 aromatic rings. The van der Waals surface area contributed by atoms with Crippen molar-refractivity contribution in [2.45, 2.75) is 38.6 Å². The molecule has 8 heteroatoms. The van der Waals surface area contributed by atoms with Crippen molar-refractivity contribution in [3.8, 4) is 5.75 Å². The van der Waals surface area contributed by atoms with Crippen LogP contribution in [0.2, 0.25) is 0 Å². The number of amides is 3. The molecular weight excluding hydrogens is 364 g/mol. The smallest absolute Gasteiger partial charge is 0.319 e. The highest BCUT2D eigenvalue weighted by atomic mass is 32.1. The van der Waals surface area contributed by atoms with Crippen LogP contribution in [0.3, 0.4) is 0 Å². The number of nitrogens with zero attached hydrogens (tertiary/aromatic N) is 1. The number of nitrogens with one attached hydrogen (secondary N) is 3. The van der Waals surface area contributed by atoms with E-state index in [1.807, 2.05) is 6.92 Å². The van der Waals surface area contributed by atoms with E-state index in [4.69, 9.17) is 4.74 Å². The summed E-state index contributed by atoms with van der Waals surface area (Å²) in [5.74, 6) is 0.166. The molecule has 0 saturated carbocycles. The van der Waals surface area contributed by atoms with Crippen LogP contribution in [0, 0.1) is 0 Å². The second-order valence-electron chi connectivity index (χ2n) is 6.44. The number of anilines is 1. The average molecular weight is 388 g/mol. The zero-order valence-corrected chi connectivity index (χ0v) is 16.5. The van der Waals surface area contributed by atoms with E-state index in [2.05, 4.69) is 20.9 Å². The molecular formula is C19H24N4O3S. The maximum absolute atomic E-state index is 12.4. The number of aryl methyl sites for hydroxylation is 2. The van der Waals surface area contributed by atoms with Crippen LogP contribution in [0.4, 0.5) is 10.5 Å². The molecule has 0 bridgehead atoms. The SMILES string of the molecule is CNC(=O)c1cc(NC(=O)NC(C)c2nc3c(s2)CCCC3)ccc1OC. The van der Waals surface area contributed by atoms with Crippen molar-refractivity contribution in [3.63, 3.8) is 0 Å². The van der Waals surface area contributed by atoms with Crippen LogP contribution >= 0.6 is 11.3 Å². The van der Waals surface area contributed by atoms with Gasteiger partial charge in [0.05, 0.1) is 24.4 Å². The lowest BCUT2D eigenvalue weighted by Gasteiger charge is -2.14. The molecule has 1 aromatic heterocycles. The molecule has 1 aliphatic carbocycles. The van der Waals surface area contributed by atoms with E-state index in [-0.39, 0.29) is 18.0 Å². The maximum atomic E-state index is 12.4. The lowest BCUT2D eigenvalue weighted by atomic mass is 10.0. The van der Waals surface area contributed by atoms with Gasteiger partial charge in [0, 0.05) is 17.6 Å². The highest BCUT2D eigenvalue weighted by Crippen LogP contribution is 2.30. The van der Waals surface area contributed by atoms with E-state index in [9.17, 15) is 9.59 Å². The van der Waals surface area contributed by atoms with Gasteiger partial charge in [0.25, 0.3) is 5.91 Å². The summed E-state index contributed by atoms with van der Waals surface area (Å²) in [6.45, 7) is 1.92. The molecule has 144 valence electrons. The molecule has 0 aliphatic heterocycles. The van der Waals surface area contributed by atoms with Gasteiger partial charge in [-0.15, -0.1) is 11.3 Å². The minimum atomic E-state index is -0.344. The molecule has 0 radical (unpaired) electrons. The van der Waals surface area contributed by atoms with Gasteiger partial charge in [0.1, 0.15) is 10.8 Å². The molecule has 1 aromatic carbocycles. The van der Waals surface area contributed by atoms with Gasteiger partial charge in [-0.1, -0.05) is 0 Å². The number of ether oxygens (including phenoxy) is 1. The zero-order chi connectivity index (χ0) is 19.4. The van der Waals surface area contributed by atoms with E-state index in [1.165, 1.54) is 30.5 Å². The fourth-order valence-corrected chi connectivity index (χ4v) is 4.24. The van der Waals surface area contributed by atoms with Gasteiger partial charge in [0.15, 0.2) is 0 Å². The number of methoxy groups -OCH3 is 1. The molecule has 1 unspecified atom stereocenters. The minimum Gasteiger partial charge on any atom is -0.496 e. The van der Waals surface area contributed by atoms with Crippen molar-refractivity contribution in [1.29, 1.82) is 0 Å². The van der Waals surface area contributed by atoms with Crippen molar-refractivity contribution < 1.29 is 14.3 Å². The Kier molecular flexibility index (Phi) is 5.95. The van der Waals surface area contributed by atoms with Crippen LogP contribution in [0.25, 0.3) is 0 Å². The second kappa shape index (κ2) is 8.39. The van der Waals surface area contributed by atoms with Crippen molar-refractivity contribution in [1.82, 2.24) is 15.6 Å². The number of aromatic nitrogens is 1. The van der Waals surface area contributed by atoms with Gasteiger partial charge in [-0.05, 0) is 50.8 Å². The van der Waals surface area contributed by atoms with E-state index < -0.39 is 0 Å². The summed E-state index contributed by atoms with van der Waals surface area (Å²) in [4.78, 5) is 30.4. The summed E-state index contributed by atoms with van der Waals surface area (Å²) in [5.41, 5.74) is 2.05. The number of hydrogen-bond acceptors (Lipinski definition) is 5. The van der Waals surface area contributed by atoms with Crippen molar-refractivity contribution >= 4 is 29.0 Å². The minimum absolute atomic E-state index is 0.183. The Morgan fingerprint density at radius 1 is 1.26 bits per heavy atom. The number of thiazole rings is 1. The van der Waals surface area contributed by atoms with Gasteiger partial charge in [0.2, 0.25) is 0 Å². The summed E-state index contributed by atoms with van der Waals surface area (Å²) in [7, 11) is 3.04. The molecule has 0 saturated heterocycles. The van der Waals surface area contributed by atoms with Crippen LogP contribution in [-0.2, 0) is 12.8 Å². The first-order chi connectivity index (χ1) is 13.0. The molecule has 0 spiro atoms. The van der Waals surface area contributed by atoms with Crippen LogP contribution in [0.5, 0.6) is 5.75 Å². The summed E-state index contributed by atoms with van der Waals surface area (Å²) >= 11 is 1.68. The monoisotopic (exact) mass is 388 g/mol. The van der Waals surface area contributed by atoms with Crippen molar-refractivity contribution in [3.05, 3.63) is 39.3 Å². The number of rotatable bonds is 5. The molecule has 3 amide bonds. The lowest BCUT2D eigenvalue weighted by molar-refractivity contribution is 0.0960. The molecule has 1 heterocycles. The van der Waals surface area contributed by atoms with Crippen LogP contribution in [0.15, 0.2) is 18.2 Å². The Morgan fingerprint density at radius 3 is 2.74 bits per heavy atom. The van der Waals surface area contributed by atoms with Crippen molar-refractivity contribution in [2.24, 2.45) is 0 Å². The van der Waals surface area contributed by atoms with Crippen molar-refractivity contribution in [2.75, 3.05) is 19.5 Å². The lowest BCUT2D eigenvalue weighted by Crippen LogP contribution is -2.31. The Balaban J connectivity index is 1.66. The molecule has 27 heavy (non-hydrogen) atoms. The standard InChI is InChI=1S/C19H24N4O3S/c1-11(18-23-14-6-4-5-7-16(14)27-18)21-19(25)22-12-8-9-15(26-3)13(10-12)17(24)20-2/h8-11H,4-7H2,1-3H3,(H,20,24)(H2,21,22,25). The quantitative estimate of drug-likeness (QED) is 0.733. The maximum Gasteiger partial charge on any atom is 0.319 e. The van der Waals surface area contributed by atoms with Gasteiger partial charge in [-0.2, -0.15) is 0 Å². The first-order valence-electron chi connectivity index (χ1n) is 8.98. The van der Waals surface area contributed by atoms with Gasteiger partial charge in [-0.25, -0.2) is 9.78 Å². The van der Waals surface area contributed by atoms with E-state index in [1.54, 1.807) is 36.6 Å². The third-order valence-electron chi connectivity index (χ3n) is 4.51. The summed E-state index contributed by atoms with van der Waals surface area (Å²) in [5, 5.41) is 9.17. The largest absolute Gasteiger partial charge is 0.496 e. The average Bonchev–Trinajstić information content (AvgIpc) is 3.11. The van der Waals surface area contributed by atoms with E-state index in [0.29, 0.717) is 17.0 Å². The number of urea groups is 1. The first-order valence-corrected chi connectivity index (χ1v) is 9.79. The number of carbonyl (C=O) groups is 2. The topological polar surface area (TPSA) is 92.4 Å².